The number of nitriles is 1. The molecular weight excluding hydrogens is 262 g/mol. The number of hydrogen-bond donors (Lipinski definition) is 1. The standard InChI is InChI=1S/C17H30N3O/c1-6-14(7-2)20-11-10-17(12-18,13-20)19-15(21)8-9-16(3,4)5/h8,14H,6-7,9-11,13H2,1-5H3,(H,19,21). The Labute approximate surface area is 129 Å². The fourth-order valence-corrected chi connectivity index (χ4v) is 2.86. The number of rotatable bonds is 6. The smallest absolute Gasteiger partial charge is 0.225 e. The van der Waals surface area contributed by atoms with Crippen molar-refractivity contribution in [3.05, 3.63) is 6.42 Å². The highest BCUT2D eigenvalue weighted by Gasteiger charge is 2.41. The van der Waals surface area contributed by atoms with Gasteiger partial charge in [0.1, 0.15) is 5.54 Å². The molecule has 0 saturated carbocycles. The van der Waals surface area contributed by atoms with Gasteiger partial charge in [-0.1, -0.05) is 34.6 Å². The maximum absolute atomic E-state index is 12.1. The summed E-state index contributed by atoms with van der Waals surface area (Å²) in [5.41, 5.74) is -0.623. The summed E-state index contributed by atoms with van der Waals surface area (Å²) in [5.74, 6) is -0.113. The van der Waals surface area contributed by atoms with Gasteiger partial charge in [-0.05, 0) is 31.1 Å². The van der Waals surface area contributed by atoms with Crippen LogP contribution in [-0.2, 0) is 4.79 Å². The molecule has 1 unspecified atom stereocenters. The van der Waals surface area contributed by atoms with Gasteiger partial charge in [0, 0.05) is 19.1 Å². The first kappa shape index (κ1) is 18.0. The van der Waals surface area contributed by atoms with Crippen LogP contribution in [0.1, 0.15) is 60.3 Å². The van der Waals surface area contributed by atoms with Crippen molar-refractivity contribution in [3.63, 3.8) is 0 Å². The van der Waals surface area contributed by atoms with Gasteiger partial charge in [0.2, 0.25) is 5.91 Å². The fourth-order valence-electron chi connectivity index (χ4n) is 2.86. The van der Waals surface area contributed by atoms with Crippen LogP contribution < -0.4 is 5.32 Å². The van der Waals surface area contributed by atoms with Crippen molar-refractivity contribution in [1.82, 2.24) is 10.2 Å². The number of hydrogen-bond acceptors (Lipinski definition) is 3. The molecule has 1 atom stereocenters. The molecular formula is C17H30N3O. The molecule has 4 nitrogen and oxygen atoms in total. The molecule has 1 fully saturated rings. The Hall–Kier alpha value is -1.08. The average molecular weight is 292 g/mol. The van der Waals surface area contributed by atoms with E-state index in [0.29, 0.717) is 12.6 Å². The van der Waals surface area contributed by atoms with E-state index in [2.05, 4.69) is 50.9 Å². The van der Waals surface area contributed by atoms with Crippen LogP contribution in [-0.4, -0.2) is 35.5 Å². The number of carbonyl (C=O) groups is 1. The SMILES string of the molecule is CCC(CC)N1CCC(C#N)(NC(=O)[CH]CC(C)(C)C)C1. The molecule has 4 heteroatoms. The Bertz CT molecular complexity index is 390. The van der Waals surface area contributed by atoms with E-state index < -0.39 is 5.54 Å². The maximum Gasteiger partial charge on any atom is 0.225 e. The lowest BCUT2D eigenvalue weighted by molar-refractivity contribution is -0.119. The van der Waals surface area contributed by atoms with Gasteiger partial charge in [0.25, 0.3) is 0 Å². The Morgan fingerprint density at radius 2 is 2.05 bits per heavy atom. The second kappa shape index (κ2) is 7.26. The van der Waals surface area contributed by atoms with Gasteiger partial charge in [-0.15, -0.1) is 0 Å². The van der Waals surface area contributed by atoms with Crippen molar-refractivity contribution in [2.24, 2.45) is 5.41 Å². The number of nitrogens with one attached hydrogen (secondary N) is 1. The molecule has 0 aromatic rings. The van der Waals surface area contributed by atoms with Gasteiger partial charge in [0.05, 0.1) is 12.5 Å². The van der Waals surface area contributed by atoms with Crippen LogP contribution in [0.4, 0.5) is 0 Å². The van der Waals surface area contributed by atoms with Gasteiger partial charge in [-0.3, -0.25) is 9.69 Å². The summed E-state index contributed by atoms with van der Waals surface area (Å²) in [6.07, 6.45) is 5.29. The Morgan fingerprint density at radius 1 is 1.43 bits per heavy atom. The van der Waals surface area contributed by atoms with Gasteiger partial charge in [-0.25, -0.2) is 0 Å². The predicted octanol–water partition coefficient (Wildman–Crippen LogP) is 2.90. The second-order valence-electron chi connectivity index (χ2n) is 7.34. The van der Waals surface area contributed by atoms with Crippen LogP contribution in [0.2, 0.25) is 0 Å². The molecule has 1 N–H and O–H groups in total. The molecule has 1 heterocycles. The Morgan fingerprint density at radius 3 is 2.52 bits per heavy atom. The number of carbonyl (C=O) groups excluding carboxylic acids is 1. The van der Waals surface area contributed by atoms with Crippen molar-refractivity contribution >= 4 is 5.91 Å². The molecule has 0 aromatic heterocycles. The highest BCUT2D eigenvalue weighted by Crippen LogP contribution is 2.26. The number of amides is 1. The van der Waals surface area contributed by atoms with E-state index in [1.54, 1.807) is 6.42 Å². The van der Waals surface area contributed by atoms with E-state index in [4.69, 9.17) is 0 Å². The minimum Gasteiger partial charge on any atom is -0.336 e. The first-order valence-electron chi connectivity index (χ1n) is 8.06. The van der Waals surface area contributed by atoms with E-state index >= 15 is 0 Å². The summed E-state index contributed by atoms with van der Waals surface area (Å²) in [6, 6.07) is 2.85. The van der Waals surface area contributed by atoms with E-state index in [-0.39, 0.29) is 11.3 Å². The number of likely N-dealkylation sites (tertiary alicyclic amines) is 1. The van der Waals surface area contributed by atoms with Crippen LogP contribution in [0, 0.1) is 23.2 Å². The summed E-state index contributed by atoms with van der Waals surface area (Å²) in [6.45, 7) is 12.2. The molecule has 119 valence electrons. The molecule has 1 aliphatic heterocycles. The second-order valence-corrected chi connectivity index (χ2v) is 7.34. The summed E-state index contributed by atoms with van der Waals surface area (Å²) in [5, 5.41) is 12.5. The lowest BCUT2D eigenvalue weighted by Gasteiger charge is -2.28. The summed E-state index contributed by atoms with van der Waals surface area (Å²) in [7, 11) is 0. The van der Waals surface area contributed by atoms with E-state index in [1.165, 1.54) is 0 Å². The van der Waals surface area contributed by atoms with Crippen LogP contribution >= 0.6 is 0 Å². The van der Waals surface area contributed by atoms with Crippen molar-refractivity contribution in [3.8, 4) is 6.07 Å². The third-order valence-electron chi connectivity index (χ3n) is 4.23. The highest BCUT2D eigenvalue weighted by atomic mass is 16.1. The molecule has 0 aliphatic carbocycles. The monoisotopic (exact) mass is 292 g/mol. The molecule has 0 bridgehead atoms. The van der Waals surface area contributed by atoms with Crippen LogP contribution in [0.15, 0.2) is 0 Å². The zero-order valence-electron chi connectivity index (χ0n) is 14.2. The summed E-state index contributed by atoms with van der Waals surface area (Å²) >= 11 is 0. The van der Waals surface area contributed by atoms with E-state index in [9.17, 15) is 10.1 Å². The van der Waals surface area contributed by atoms with Crippen LogP contribution in [0.3, 0.4) is 0 Å². The first-order valence-corrected chi connectivity index (χ1v) is 8.06. The van der Waals surface area contributed by atoms with Crippen molar-refractivity contribution < 1.29 is 4.79 Å². The molecule has 1 amide bonds. The minimum atomic E-state index is -0.714. The fraction of sp³-hybridized carbons (Fsp3) is 0.824. The Balaban J connectivity index is 2.59. The highest BCUT2D eigenvalue weighted by molar-refractivity contribution is 5.85. The molecule has 21 heavy (non-hydrogen) atoms. The molecule has 1 radical (unpaired) electrons. The lowest BCUT2D eigenvalue weighted by atomic mass is 9.90. The van der Waals surface area contributed by atoms with Crippen molar-refractivity contribution in [2.45, 2.75) is 71.9 Å². The van der Waals surface area contributed by atoms with Crippen LogP contribution in [0.25, 0.3) is 0 Å². The minimum absolute atomic E-state index is 0.0916. The normalized spacial score (nSPS) is 23.3. The lowest BCUT2D eigenvalue weighted by Crippen LogP contribution is -2.50. The summed E-state index contributed by atoms with van der Waals surface area (Å²) < 4.78 is 0. The molecule has 0 spiro atoms. The van der Waals surface area contributed by atoms with Gasteiger partial charge >= 0.3 is 0 Å². The van der Waals surface area contributed by atoms with Crippen molar-refractivity contribution in [1.29, 1.82) is 5.26 Å². The number of nitrogens with zero attached hydrogens (tertiary/aromatic N) is 2. The summed E-state index contributed by atoms with van der Waals surface area (Å²) in [4.78, 5) is 14.4. The van der Waals surface area contributed by atoms with E-state index in [0.717, 1.165) is 32.2 Å². The van der Waals surface area contributed by atoms with E-state index in [1.807, 2.05) is 0 Å². The van der Waals surface area contributed by atoms with Gasteiger partial charge < -0.3 is 5.32 Å². The van der Waals surface area contributed by atoms with Gasteiger partial charge in [0.15, 0.2) is 0 Å². The van der Waals surface area contributed by atoms with Crippen LogP contribution in [0.5, 0.6) is 0 Å². The third kappa shape index (κ3) is 5.32. The largest absolute Gasteiger partial charge is 0.336 e. The molecule has 1 saturated heterocycles. The first-order chi connectivity index (χ1) is 9.75. The zero-order chi connectivity index (χ0) is 16.1. The molecule has 1 rings (SSSR count). The molecule has 0 aromatic carbocycles. The maximum atomic E-state index is 12.1. The quantitative estimate of drug-likeness (QED) is 0.819. The van der Waals surface area contributed by atoms with Gasteiger partial charge in [-0.2, -0.15) is 5.26 Å². The zero-order valence-corrected chi connectivity index (χ0v) is 14.2. The Kier molecular flexibility index (Phi) is 6.22. The van der Waals surface area contributed by atoms with Crippen molar-refractivity contribution in [2.75, 3.05) is 13.1 Å². The topological polar surface area (TPSA) is 56.1 Å². The molecule has 1 aliphatic rings. The third-order valence-corrected chi connectivity index (χ3v) is 4.23. The average Bonchev–Trinajstić information content (AvgIpc) is 2.82. The predicted molar refractivity (Wildman–Crippen MR) is 85.4 cm³/mol.